The SMILES string of the molecule is CCOCCC(=O)NCC1CCC(=O)N1CC(=O)NC(C(=O)NCC=O)C(C)C. The molecule has 2 atom stereocenters. The topological polar surface area (TPSA) is 134 Å². The van der Waals surface area contributed by atoms with Crippen molar-refractivity contribution in [2.45, 2.75) is 52.1 Å². The van der Waals surface area contributed by atoms with Gasteiger partial charge in [0.15, 0.2) is 0 Å². The molecular formula is C19H32N4O6. The number of carbonyl (C=O) groups is 5. The zero-order chi connectivity index (χ0) is 21.8. The average Bonchev–Trinajstić information content (AvgIpc) is 3.02. The smallest absolute Gasteiger partial charge is 0.243 e. The third-order valence-electron chi connectivity index (χ3n) is 4.60. The molecule has 3 N–H and O–H groups in total. The highest BCUT2D eigenvalue weighted by molar-refractivity contribution is 5.91. The summed E-state index contributed by atoms with van der Waals surface area (Å²) in [6.07, 6.45) is 1.65. The molecule has 1 fully saturated rings. The first-order valence-electron chi connectivity index (χ1n) is 9.94. The van der Waals surface area contributed by atoms with Crippen LogP contribution in [-0.4, -0.2) is 79.7 Å². The second-order valence-corrected chi connectivity index (χ2v) is 7.17. The lowest BCUT2D eigenvalue weighted by atomic mass is 10.0. The van der Waals surface area contributed by atoms with Crippen LogP contribution in [0, 0.1) is 5.92 Å². The van der Waals surface area contributed by atoms with E-state index >= 15 is 0 Å². The first-order chi connectivity index (χ1) is 13.8. The van der Waals surface area contributed by atoms with Gasteiger partial charge in [0.25, 0.3) is 0 Å². The summed E-state index contributed by atoms with van der Waals surface area (Å²) in [7, 11) is 0. The minimum atomic E-state index is -0.808. The second kappa shape index (κ2) is 12.9. The molecular weight excluding hydrogens is 380 g/mol. The Bertz CT molecular complexity index is 595. The van der Waals surface area contributed by atoms with Crippen molar-refractivity contribution >= 4 is 29.9 Å². The van der Waals surface area contributed by atoms with Crippen molar-refractivity contribution in [1.82, 2.24) is 20.9 Å². The van der Waals surface area contributed by atoms with Crippen molar-refractivity contribution in [3.05, 3.63) is 0 Å². The summed E-state index contributed by atoms with van der Waals surface area (Å²) in [5.74, 6) is -1.45. The number of amides is 4. The molecule has 0 spiro atoms. The van der Waals surface area contributed by atoms with E-state index in [2.05, 4.69) is 16.0 Å². The molecule has 164 valence electrons. The van der Waals surface area contributed by atoms with Crippen molar-refractivity contribution < 1.29 is 28.7 Å². The van der Waals surface area contributed by atoms with Gasteiger partial charge in [-0.1, -0.05) is 13.8 Å². The number of hydrogen-bond donors (Lipinski definition) is 3. The molecule has 0 bridgehead atoms. The maximum Gasteiger partial charge on any atom is 0.243 e. The molecule has 0 radical (unpaired) electrons. The molecule has 1 heterocycles. The first kappa shape index (κ1) is 24.5. The quantitative estimate of drug-likeness (QED) is 0.262. The monoisotopic (exact) mass is 412 g/mol. The summed E-state index contributed by atoms with van der Waals surface area (Å²) in [6, 6.07) is -1.08. The number of nitrogens with zero attached hydrogens (tertiary/aromatic N) is 1. The van der Waals surface area contributed by atoms with Crippen LogP contribution < -0.4 is 16.0 Å². The molecule has 0 aromatic rings. The summed E-state index contributed by atoms with van der Waals surface area (Å²) >= 11 is 0. The van der Waals surface area contributed by atoms with Gasteiger partial charge in [0.1, 0.15) is 12.3 Å². The summed E-state index contributed by atoms with van der Waals surface area (Å²) in [4.78, 5) is 60.4. The van der Waals surface area contributed by atoms with Crippen LogP contribution in [0.25, 0.3) is 0 Å². The highest BCUT2D eigenvalue weighted by atomic mass is 16.5. The first-order valence-corrected chi connectivity index (χ1v) is 9.94. The fraction of sp³-hybridized carbons (Fsp3) is 0.737. The largest absolute Gasteiger partial charge is 0.381 e. The molecule has 4 amide bonds. The normalized spacial score (nSPS) is 17.2. The number of ether oxygens (including phenoxy) is 1. The van der Waals surface area contributed by atoms with Gasteiger partial charge in [-0.2, -0.15) is 0 Å². The van der Waals surface area contributed by atoms with E-state index in [9.17, 15) is 24.0 Å². The Morgan fingerprint density at radius 3 is 2.59 bits per heavy atom. The fourth-order valence-electron chi connectivity index (χ4n) is 3.01. The average molecular weight is 412 g/mol. The summed E-state index contributed by atoms with van der Waals surface area (Å²) in [5, 5.41) is 7.82. The highest BCUT2D eigenvalue weighted by Gasteiger charge is 2.33. The van der Waals surface area contributed by atoms with Crippen molar-refractivity contribution in [3.63, 3.8) is 0 Å². The molecule has 1 rings (SSSR count). The maximum atomic E-state index is 12.4. The molecule has 2 unspecified atom stereocenters. The molecule has 29 heavy (non-hydrogen) atoms. The van der Waals surface area contributed by atoms with Crippen LogP contribution in [0.3, 0.4) is 0 Å². The second-order valence-electron chi connectivity index (χ2n) is 7.17. The van der Waals surface area contributed by atoms with Crippen LogP contribution in [0.15, 0.2) is 0 Å². The van der Waals surface area contributed by atoms with Gasteiger partial charge in [-0.3, -0.25) is 19.2 Å². The fourth-order valence-corrected chi connectivity index (χ4v) is 3.01. The lowest BCUT2D eigenvalue weighted by Gasteiger charge is -2.27. The molecule has 0 saturated carbocycles. The highest BCUT2D eigenvalue weighted by Crippen LogP contribution is 2.18. The number of hydrogen-bond acceptors (Lipinski definition) is 6. The van der Waals surface area contributed by atoms with E-state index in [1.807, 2.05) is 6.92 Å². The van der Waals surface area contributed by atoms with Crippen LogP contribution in [0.2, 0.25) is 0 Å². The zero-order valence-corrected chi connectivity index (χ0v) is 17.4. The number of nitrogens with one attached hydrogen (secondary N) is 3. The van der Waals surface area contributed by atoms with Gasteiger partial charge < -0.3 is 30.4 Å². The molecule has 10 heteroatoms. The van der Waals surface area contributed by atoms with E-state index in [0.29, 0.717) is 32.3 Å². The Labute approximate surface area is 171 Å². The van der Waals surface area contributed by atoms with E-state index in [4.69, 9.17) is 4.74 Å². The Morgan fingerprint density at radius 2 is 1.97 bits per heavy atom. The van der Waals surface area contributed by atoms with E-state index in [-0.39, 0.29) is 49.8 Å². The molecule has 0 aromatic heterocycles. The van der Waals surface area contributed by atoms with Gasteiger partial charge in [-0.25, -0.2) is 0 Å². The zero-order valence-electron chi connectivity index (χ0n) is 17.4. The Hall–Kier alpha value is -2.49. The lowest BCUT2D eigenvalue weighted by molar-refractivity contribution is -0.136. The van der Waals surface area contributed by atoms with E-state index in [1.165, 1.54) is 4.90 Å². The number of likely N-dealkylation sites (tertiary alicyclic amines) is 1. The Kier molecular flexibility index (Phi) is 10.9. The standard InChI is InChI=1S/C19H32N4O6/c1-4-29-10-7-15(25)21-11-14-5-6-17(27)23(14)12-16(26)22-18(13(2)3)19(28)20-8-9-24/h9,13-14,18H,4-8,10-12H2,1-3H3,(H,20,28)(H,21,25)(H,22,26). The molecule has 0 aromatic carbocycles. The van der Waals surface area contributed by atoms with Crippen LogP contribution in [-0.2, 0) is 28.7 Å². The Balaban J connectivity index is 2.57. The van der Waals surface area contributed by atoms with Crippen molar-refractivity contribution in [2.24, 2.45) is 5.92 Å². The number of carbonyl (C=O) groups excluding carboxylic acids is 5. The number of rotatable bonds is 13. The number of aldehydes is 1. The van der Waals surface area contributed by atoms with E-state index in [0.717, 1.165) is 0 Å². The van der Waals surface area contributed by atoms with Crippen molar-refractivity contribution in [2.75, 3.05) is 32.8 Å². The molecule has 10 nitrogen and oxygen atoms in total. The van der Waals surface area contributed by atoms with E-state index in [1.54, 1.807) is 13.8 Å². The summed E-state index contributed by atoms with van der Waals surface area (Å²) < 4.78 is 5.14. The lowest BCUT2D eigenvalue weighted by Crippen LogP contribution is -2.53. The van der Waals surface area contributed by atoms with Crippen LogP contribution in [0.4, 0.5) is 0 Å². The van der Waals surface area contributed by atoms with Gasteiger partial charge in [-0.15, -0.1) is 0 Å². The summed E-state index contributed by atoms with van der Waals surface area (Å²) in [5.41, 5.74) is 0. The van der Waals surface area contributed by atoms with Gasteiger partial charge in [0.2, 0.25) is 23.6 Å². The minimum absolute atomic E-state index is 0.131. The van der Waals surface area contributed by atoms with Gasteiger partial charge in [0, 0.05) is 26.0 Å². The summed E-state index contributed by atoms with van der Waals surface area (Å²) in [6.45, 7) is 6.20. The van der Waals surface area contributed by atoms with Crippen LogP contribution >= 0.6 is 0 Å². The predicted molar refractivity (Wildman–Crippen MR) is 105 cm³/mol. The third kappa shape index (κ3) is 8.59. The van der Waals surface area contributed by atoms with Gasteiger partial charge in [0.05, 0.1) is 25.7 Å². The Morgan fingerprint density at radius 1 is 1.24 bits per heavy atom. The molecule has 1 aliphatic rings. The van der Waals surface area contributed by atoms with Crippen LogP contribution in [0.5, 0.6) is 0 Å². The molecule has 1 aliphatic heterocycles. The molecule has 1 saturated heterocycles. The molecule has 0 aliphatic carbocycles. The minimum Gasteiger partial charge on any atom is -0.381 e. The van der Waals surface area contributed by atoms with Crippen molar-refractivity contribution in [3.8, 4) is 0 Å². The van der Waals surface area contributed by atoms with E-state index < -0.39 is 17.9 Å². The predicted octanol–water partition coefficient (Wildman–Crippen LogP) is -1.02. The van der Waals surface area contributed by atoms with Gasteiger partial charge >= 0.3 is 0 Å². The van der Waals surface area contributed by atoms with Crippen LogP contribution in [0.1, 0.15) is 40.0 Å². The third-order valence-corrected chi connectivity index (χ3v) is 4.60. The van der Waals surface area contributed by atoms with Crippen molar-refractivity contribution in [1.29, 1.82) is 0 Å². The maximum absolute atomic E-state index is 12.4. The van der Waals surface area contributed by atoms with Gasteiger partial charge in [-0.05, 0) is 19.3 Å².